The second-order valence-electron chi connectivity index (χ2n) is 4.04. The summed E-state index contributed by atoms with van der Waals surface area (Å²) >= 11 is 3.26. The number of hydrogen-bond donors (Lipinski definition) is 1. The van der Waals surface area contributed by atoms with Gasteiger partial charge < -0.3 is 10.2 Å². The maximum atomic E-state index is 11.2. The van der Waals surface area contributed by atoms with E-state index in [1.807, 2.05) is 0 Å². The molecule has 1 saturated heterocycles. The number of alkyl halides is 1. The summed E-state index contributed by atoms with van der Waals surface area (Å²) in [6.45, 7) is 4.21. The van der Waals surface area contributed by atoms with Gasteiger partial charge in [0, 0.05) is 24.8 Å². The predicted molar refractivity (Wildman–Crippen MR) is 66.3 cm³/mol. The van der Waals surface area contributed by atoms with Crippen molar-refractivity contribution in [3.63, 3.8) is 0 Å². The van der Waals surface area contributed by atoms with E-state index < -0.39 is 0 Å². The van der Waals surface area contributed by atoms with Crippen molar-refractivity contribution in [3.8, 4) is 0 Å². The number of rotatable bonds is 5. The maximum Gasteiger partial charge on any atom is 0.220 e. The van der Waals surface area contributed by atoms with E-state index >= 15 is 0 Å². The number of nitrogens with zero attached hydrogens (tertiary/aromatic N) is 1. The van der Waals surface area contributed by atoms with Crippen LogP contribution in [0.3, 0.4) is 0 Å². The average molecular weight is 277 g/mol. The zero-order valence-corrected chi connectivity index (χ0v) is 10.9. The van der Waals surface area contributed by atoms with Crippen LogP contribution in [0.5, 0.6) is 0 Å². The highest BCUT2D eigenvalue weighted by molar-refractivity contribution is 9.09. The molecule has 1 aliphatic rings. The molecule has 1 aliphatic heterocycles. The number of carbonyl (C=O) groups excluding carboxylic acids is 1. The van der Waals surface area contributed by atoms with Gasteiger partial charge >= 0.3 is 0 Å². The second-order valence-corrected chi connectivity index (χ2v) is 4.84. The van der Waals surface area contributed by atoms with Gasteiger partial charge in [0.15, 0.2) is 0 Å². The van der Waals surface area contributed by atoms with Crippen molar-refractivity contribution < 1.29 is 4.79 Å². The first kappa shape index (κ1) is 13.0. The van der Waals surface area contributed by atoms with Gasteiger partial charge in [-0.05, 0) is 25.9 Å². The Morgan fingerprint density at radius 2 is 1.87 bits per heavy atom. The minimum Gasteiger partial charge on any atom is -0.355 e. The zero-order chi connectivity index (χ0) is 10.9. The number of carbonyl (C=O) groups is 1. The van der Waals surface area contributed by atoms with Crippen LogP contribution in [0.1, 0.15) is 32.1 Å². The van der Waals surface area contributed by atoms with Gasteiger partial charge in [0.05, 0.1) is 0 Å². The molecule has 0 aromatic heterocycles. The molecule has 0 aliphatic carbocycles. The number of amides is 1. The van der Waals surface area contributed by atoms with Crippen LogP contribution in [0.25, 0.3) is 0 Å². The van der Waals surface area contributed by atoms with Crippen LogP contribution < -0.4 is 5.32 Å². The summed E-state index contributed by atoms with van der Waals surface area (Å²) in [5.74, 6) is 0.154. The SMILES string of the molecule is O=C(CCBr)NCCN1CCCCCC1. The molecular formula is C11H21BrN2O. The molecule has 0 aromatic carbocycles. The first-order valence-electron chi connectivity index (χ1n) is 5.88. The smallest absolute Gasteiger partial charge is 0.220 e. The molecule has 1 amide bonds. The van der Waals surface area contributed by atoms with E-state index in [-0.39, 0.29) is 5.91 Å². The Hall–Kier alpha value is -0.0900. The summed E-state index contributed by atoms with van der Waals surface area (Å²) in [7, 11) is 0. The Morgan fingerprint density at radius 1 is 1.20 bits per heavy atom. The molecule has 0 atom stereocenters. The number of likely N-dealkylation sites (tertiary alicyclic amines) is 1. The van der Waals surface area contributed by atoms with Crippen molar-refractivity contribution in [2.75, 3.05) is 31.5 Å². The van der Waals surface area contributed by atoms with E-state index in [0.717, 1.165) is 18.4 Å². The van der Waals surface area contributed by atoms with Crippen molar-refractivity contribution in [3.05, 3.63) is 0 Å². The van der Waals surface area contributed by atoms with Crippen molar-refractivity contribution in [2.45, 2.75) is 32.1 Å². The van der Waals surface area contributed by atoms with Gasteiger partial charge in [-0.2, -0.15) is 0 Å². The fourth-order valence-electron chi connectivity index (χ4n) is 1.89. The molecule has 0 saturated carbocycles. The van der Waals surface area contributed by atoms with Crippen molar-refractivity contribution in [1.82, 2.24) is 10.2 Å². The zero-order valence-electron chi connectivity index (χ0n) is 9.30. The van der Waals surface area contributed by atoms with Gasteiger partial charge in [-0.25, -0.2) is 0 Å². The van der Waals surface area contributed by atoms with E-state index in [0.29, 0.717) is 6.42 Å². The lowest BCUT2D eigenvalue weighted by molar-refractivity contribution is -0.120. The summed E-state index contributed by atoms with van der Waals surface area (Å²) in [5, 5.41) is 3.69. The second kappa shape index (κ2) is 8.11. The van der Waals surface area contributed by atoms with Crippen LogP contribution in [0, 0.1) is 0 Å². The van der Waals surface area contributed by atoms with Gasteiger partial charge in [-0.3, -0.25) is 4.79 Å². The molecule has 0 spiro atoms. The van der Waals surface area contributed by atoms with Gasteiger partial charge in [0.2, 0.25) is 5.91 Å². The lowest BCUT2D eigenvalue weighted by Gasteiger charge is -2.19. The fraction of sp³-hybridized carbons (Fsp3) is 0.909. The highest BCUT2D eigenvalue weighted by atomic mass is 79.9. The number of nitrogens with one attached hydrogen (secondary N) is 1. The van der Waals surface area contributed by atoms with Crippen molar-refractivity contribution >= 4 is 21.8 Å². The van der Waals surface area contributed by atoms with Crippen molar-refractivity contribution in [2.24, 2.45) is 0 Å². The molecule has 1 rings (SSSR count). The van der Waals surface area contributed by atoms with E-state index in [1.54, 1.807) is 0 Å². The predicted octanol–water partition coefficient (Wildman–Crippen LogP) is 1.76. The molecule has 88 valence electrons. The molecule has 0 unspecified atom stereocenters. The molecule has 0 radical (unpaired) electrons. The Morgan fingerprint density at radius 3 is 2.47 bits per heavy atom. The highest BCUT2D eigenvalue weighted by Crippen LogP contribution is 2.08. The summed E-state index contributed by atoms with van der Waals surface area (Å²) in [6, 6.07) is 0. The lowest BCUT2D eigenvalue weighted by atomic mass is 10.2. The molecule has 0 aromatic rings. The summed E-state index contributed by atoms with van der Waals surface area (Å²) in [6.07, 6.45) is 5.95. The van der Waals surface area contributed by atoms with Crippen molar-refractivity contribution in [1.29, 1.82) is 0 Å². The standard InChI is InChI=1S/C11H21BrN2O/c12-6-5-11(15)13-7-10-14-8-3-1-2-4-9-14/h1-10H2,(H,13,15). The van der Waals surface area contributed by atoms with E-state index in [1.165, 1.54) is 38.8 Å². The number of halogens is 1. The molecule has 1 heterocycles. The first-order chi connectivity index (χ1) is 7.33. The quantitative estimate of drug-likeness (QED) is 0.777. The highest BCUT2D eigenvalue weighted by Gasteiger charge is 2.08. The normalized spacial score (nSPS) is 18.5. The molecular weight excluding hydrogens is 256 g/mol. The Bertz CT molecular complexity index is 179. The number of hydrogen-bond acceptors (Lipinski definition) is 2. The summed E-state index contributed by atoms with van der Waals surface area (Å²) < 4.78 is 0. The van der Waals surface area contributed by atoms with Gasteiger partial charge in [-0.1, -0.05) is 28.8 Å². The van der Waals surface area contributed by atoms with E-state index in [9.17, 15) is 4.79 Å². The van der Waals surface area contributed by atoms with Gasteiger partial charge in [-0.15, -0.1) is 0 Å². The average Bonchev–Trinajstić information content (AvgIpc) is 2.47. The lowest BCUT2D eigenvalue weighted by Crippen LogP contribution is -2.35. The van der Waals surface area contributed by atoms with E-state index in [2.05, 4.69) is 26.1 Å². The van der Waals surface area contributed by atoms with Crippen LogP contribution in [-0.2, 0) is 4.79 Å². The third-order valence-electron chi connectivity index (χ3n) is 2.77. The topological polar surface area (TPSA) is 32.3 Å². The first-order valence-corrected chi connectivity index (χ1v) is 7.00. The molecule has 4 heteroatoms. The molecule has 3 nitrogen and oxygen atoms in total. The van der Waals surface area contributed by atoms with Crippen LogP contribution in [0.15, 0.2) is 0 Å². The molecule has 1 N–H and O–H groups in total. The summed E-state index contributed by atoms with van der Waals surface area (Å²) in [4.78, 5) is 13.7. The van der Waals surface area contributed by atoms with Crippen LogP contribution in [0.4, 0.5) is 0 Å². The Labute approximate surface area is 101 Å². The maximum absolute atomic E-state index is 11.2. The Balaban J connectivity index is 2.05. The summed E-state index contributed by atoms with van der Waals surface area (Å²) in [5.41, 5.74) is 0. The van der Waals surface area contributed by atoms with Crippen LogP contribution in [-0.4, -0.2) is 42.3 Å². The van der Waals surface area contributed by atoms with Crippen LogP contribution >= 0.6 is 15.9 Å². The van der Waals surface area contributed by atoms with Gasteiger partial charge in [0.25, 0.3) is 0 Å². The molecule has 0 bridgehead atoms. The fourth-order valence-corrected chi connectivity index (χ4v) is 2.25. The minimum absolute atomic E-state index is 0.154. The minimum atomic E-state index is 0.154. The van der Waals surface area contributed by atoms with E-state index in [4.69, 9.17) is 0 Å². The largest absolute Gasteiger partial charge is 0.355 e. The molecule has 15 heavy (non-hydrogen) atoms. The third-order valence-corrected chi connectivity index (χ3v) is 3.17. The van der Waals surface area contributed by atoms with Crippen LogP contribution in [0.2, 0.25) is 0 Å². The van der Waals surface area contributed by atoms with Gasteiger partial charge in [0.1, 0.15) is 0 Å². The molecule has 1 fully saturated rings. The Kier molecular flexibility index (Phi) is 7.01. The third kappa shape index (κ3) is 6.15. The monoisotopic (exact) mass is 276 g/mol.